The third-order valence-corrected chi connectivity index (χ3v) is 2.56. The summed E-state index contributed by atoms with van der Waals surface area (Å²) >= 11 is 11.6. The second kappa shape index (κ2) is 4.81. The van der Waals surface area contributed by atoms with Gasteiger partial charge in [-0.15, -0.1) is 0 Å². The molecule has 0 aliphatic heterocycles. The number of nitrogens with two attached hydrogens (primary N) is 2. The van der Waals surface area contributed by atoms with E-state index in [1.165, 1.54) is 6.07 Å². The van der Waals surface area contributed by atoms with E-state index in [0.717, 1.165) is 0 Å². The van der Waals surface area contributed by atoms with Crippen molar-refractivity contribution in [3.05, 3.63) is 33.8 Å². The van der Waals surface area contributed by atoms with Gasteiger partial charge in [0.1, 0.15) is 6.04 Å². The Morgan fingerprint density at radius 3 is 2.40 bits per heavy atom. The quantitative estimate of drug-likeness (QED) is 0.755. The molecule has 5 N–H and O–H groups in total. The smallest absolute Gasteiger partial charge is 0.322 e. The van der Waals surface area contributed by atoms with Gasteiger partial charge in [-0.1, -0.05) is 29.3 Å². The van der Waals surface area contributed by atoms with Crippen molar-refractivity contribution in [3.8, 4) is 0 Å². The predicted octanol–water partition coefficient (Wildman–Crippen LogP) is 1.41. The van der Waals surface area contributed by atoms with Gasteiger partial charge >= 0.3 is 5.97 Å². The van der Waals surface area contributed by atoms with Crippen molar-refractivity contribution in [1.82, 2.24) is 0 Å². The summed E-state index contributed by atoms with van der Waals surface area (Å²) in [7, 11) is 0. The highest BCUT2D eigenvalue weighted by atomic mass is 35.5. The monoisotopic (exact) mass is 248 g/mol. The van der Waals surface area contributed by atoms with Gasteiger partial charge in [0.05, 0.1) is 6.04 Å². The summed E-state index contributed by atoms with van der Waals surface area (Å²) in [5.41, 5.74) is 11.5. The van der Waals surface area contributed by atoms with Gasteiger partial charge in [-0.05, 0) is 17.7 Å². The normalized spacial score (nSPS) is 14.7. The number of carboxylic acid groups (broad SMARTS) is 1. The van der Waals surface area contributed by atoms with E-state index in [-0.39, 0.29) is 0 Å². The molecule has 0 saturated heterocycles. The Hall–Kier alpha value is -0.810. The topological polar surface area (TPSA) is 89.3 Å². The molecule has 0 spiro atoms. The van der Waals surface area contributed by atoms with Crippen molar-refractivity contribution in [1.29, 1.82) is 0 Å². The minimum atomic E-state index is -1.19. The van der Waals surface area contributed by atoms with Crippen molar-refractivity contribution in [2.45, 2.75) is 12.1 Å². The van der Waals surface area contributed by atoms with Crippen LogP contribution in [0.4, 0.5) is 0 Å². The van der Waals surface area contributed by atoms with E-state index in [2.05, 4.69) is 0 Å². The van der Waals surface area contributed by atoms with Gasteiger partial charge in [-0.3, -0.25) is 4.79 Å². The highest BCUT2D eigenvalue weighted by molar-refractivity contribution is 6.35. The largest absolute Gasteiger partial charge is 0.480 e. The third-order valence-electron chi connectivity index (χ3n) is 1.99. The molecule has 1 aromatic rings. The van der Waals surface area contributed by atoms with Crippen LogP contribution >= 0.6 is 23.2 Å². The maximum absolute atomic E-state index is 10.6. The molecule has 0 aromatic heterocycles. The fourth-order valence-electron chi connectivity index (χ4n) is 1.12. The van der Waals surface area contributed by atoms with Gasteiger partial charge < -0.3 is 16.6 Å². The molecule has 0 saturated carbocycles. The summed E-state index contributed by atoms with van der Waals surface area (Å²) in [6.07, 6.45) is 0. The SMILES string of the molecule is NC(C(=O)O)C(N)c1ccc(Cl)cc1Cl. The van der Waals surface area contributed by atoms with Gasteiger partial charge in [0, 0.05) is 10.0 Å². The molecule has 0 heterocycles. The minimum Gasteiger partial charge on any atom is -0.480 e. The zero-order valence-electron chi connectivity index (χ0n) is 7.65. The summed E-state index contributed by atoms with van der Waals surface area (Å²) in [4.78, 5) is 10.6. The number of carbonyl (C=O) groups is 1. The number of aliphatic carboxylic acids is 1. The molecule has 2 unspecified atom stereocenters. The van der Waals surface area contributed by atoms with Crippen LogP contribution in [0.3, 0.4) is 0 Å². The number of rotatable bonds is 3. The molecule has 0 radical (unpaired) electrons. The van der Waals surface area contributed by atoms with Gasteiger partial charge in [-0.25, -0.2) is 0 Å². The Morgan fingerprint density at radius 1 is 1.33 bits per heavy atom. The van der Waals surface area contributed by atoms with Gasteiger partial charge in [0.25, 0.3) is 0 Å². The Morgan fingerprint density at radius 2 is 1.93 bits per heavy atom. The summed E-state index contributed by atoms with van der Waals surface area (Å²) in [6.45, 7) is 0. The van der Waals surface area contributed by atoms with Crippen molar-refractivity contribution in [2.24, 2.45) is 11.5 Å². The van der Waals surface area contributed by atoms with Crippen molar-refractivity contribution in [2.75, 3.05) is 0 Å². The predicted molar refractivity (Wildman–Crippen MR) is 59.0 cm³/mol. The van der Waals surface area contributed by atoms with E-state index >= 15 is 0 Å². The van der Waals surface area contributed by atoms with E-state index in [4.69, 9.17) is 39.8 Å². The maximum atomic E-state index is 10.6. The van der Waals surface area contributed by atoms with Crippen LogP contribution in [-0.2, 0) is 4.79 Å². The molecule has 0 aliphatic carbocycles. The molecule has 0 fully saturated rings. The number of hydrogen-bond acceptors (Lipinski definition) is 3. The van der Waals surface area contributed by atoms with Crippen molar-refractivity contribution < 1.29 is 9.90 Å². The van der Waals surface area contributed by atoms with Crippen molar-refractivity contribution >= 4 is 29.2 Å². The molecule has 82 valence electrons. The average Bonchev–Trinajstić information content (AvgIpc) is 2.15. The molecular weight excluding hydrogens is 239 g/mol. The first-order valence-electron chi connectivity index (χ1n) is 4.12. The summed E-state index contributed by atoms with van der Waals surface area (Å²) in [6, 6.07) is 2.60. The fraction of sp³-hybridized carbons (Fsp3) is 0.222. The first-order valence-corrected chi connectivity index (χ1v) is 4.88. The Kier molecular flexibility index (Phi) is 3.93. The van der Waals surface area contributed by atoms with E-state index in [0.29, 0.717) is 15.6 Å². The average molecular weight is 249 g/mol. The number of benzene rings is 1. The molecule has 0 amide bonds. The van der Waals surface area contributed by atoms with Crippen LogP contribution in [-0.4, -0.2) is 17.1 Å². The lowest BCUT2D eigenvalue weighted by molar-refractivity contribution is -0.139. The first kappa shape index (κ1) is 12.3. The summed E-state index contributed by atoms with van der Waals surface area (Å²) < 4.78 is 0. The maximum Gasteiger partial charge on any atom is 0.322 e. The first-order chi connectivity index (χ1) is 6.93. The Labute approximate surface area is 96.8 Å². The van der Waals surface area contributed by atoms with Crippen LogP contribution in [0.2, 0.25) is 10.0 Å². The summed E-state index contributed by atoms with van der Waals surface area (Å²) in [5, 5.41) is 9.46. The molecule has 4 nitrogen and oxygen atoms in total. The lowest BCUT2D eigenvalue weighted by Gasteiger charge is -2.17. The van der Waals surface area contributed by atoms with Gasteiger partial charge in [0.2, 0.25) is 0 Å². The molecule has 0 aliphatic rings. The number of carboxylic acids is 1. The van der Waals surface area contributed by atoms with E-state index in [1.54, 1.807) is 12.1 Å². The molecule has 1 aromatic carbocycles. The van der Waals surface area contributed by atoms with Crippen LogP contribution in [0.1, 0.15) is 11.6 Å². The zero-order chi connectivity index (χ0) is 11.6. The van der Waals surface area contributed by atoms with Crippen molar-refractivity contribution in [3.63, 3.8) is 0 Å². The Balaban J connectivity index is 3.01. The van der Waals surface area contributed by atoms with E-state index < -0.39 is 18.1 Å². The molecule has 6 heteroatoms. The highest BCUT2D eigenvalue weighted by Gasteiger charge is 2.23. The molecule has 0 bridgehead atoms. The van der Waals surface area contributed by atoms with Crippen LogP contribution in [0, 0.1) is 0 Å². The Bertz CT molecular complexity index is 384. The van der Waals surface area contributed by atoms with Crippen LogP contribution in [0.5, 0.6) is 0 Å². The van der Waals surface area contributed by atoms with Crippen LogP contribution in [0.15, 0.2) is 18.2 Å². The lowest BCUT2D eigenvalue weighted by Crippen LogP contribution is -2.40. The minimum absolute atomic E-state index is 0.312. The van der Waals surface area contributed by atoms with Gasteiger partial charge in [0.15, 0.2) is 0 Å². The number of hydrogen-bond donors (Lipinski definition) is 3. The second-order valence-electron chi connectivity index (χ2n) is 3.06. The van der Waals surface area contributed by atoms with Crippen LogP contribution in [0.25, 0.3) is 0 Å². The fourth-order valence-corrected chi connectivity index (χ4v) is 1.65. The highest BCUT2D eigenvalue weighted by Crippen LogP contribution is 2.26. The molecular formula is C9H10Cl2N2O2. The second-order valence-corrected chi connectivity index (χ2v) is 3.90. The number of halogens is 2. The molecule has 15 heavy (non-hydrogen) atoms. The zero-order valence-corrected chi connectivity index (χ0v) is 9.16. The van der Waals surface area contributed by atoms with Crippen LogP contribution < -0.4 is 11.5 Å². The lowest BCUT2D eigenvalue weighted by atomic mass is 10.0. The standard InChI is InChI=1S/C9H10Cl2N2O2/c10-4-1-2-5(6(11)3-4)7(12)8(13)9(14)15/h1-3,7-8H,12-13H2,(H,14,15). The van der Waals surface area contributed by atoms with E-state index in [9.17, 15) is 4.79 Å². The summed E-state index contributed by atoms with van der Waals surface area (Å²) in [5.74, 6) is -1.17. The molecule has 1 rings (SSSR count). The van der Waals surface area contributed by atoms with Gasteiger partial charge in [-0.2, -0.15) is 0 Å². The van der Waals surface area contributed by atoms with E-state index in [1.807, 2.05) is 0 Å². The third kappa shape index (κ3) is 2.82. The molecule has 2 atom stereocenters.